The monoisotopic (exact) mass is 258 g/mol. The van der Waals surface area contributed by atoms with Crippen LogP contribution in [0.25, 0.3) is 0 Å². The van der Waals surface area contributed by atoms with E-state index in [1.807, 2.05) is 25.2 Å². The number of ether oxygens (including phenoxy) is 1. The minimum absolute atomic E-state index is 0.500. The lowest BCUT2D eigenvalue weighted by Crippen LogP contribution is -2.19. The van der Waals surface area contributed by atoms with E-state index in [1.165, 1.54) is 5.56 Å². The zero-order valence-electron chi connectivity index (χ0n) is 11.2. The summed E-state index contributed by atoms with van der Waals surface area (Å²) in [5, 5.41) is 0. The van der Waals surface area contributed by atoms with Crippen molar-refractivity contribution in [3.8, 4) is 5.75 Å². The first kappa shape index (κ1) is 13.3. The highest BCUT2D eigenvalue weighted by atomic mass is 16.5. The van der Waals surface area contributed by atoms with Gasteiger partial charge in [-0.3, -0.25) is 4.90 Å². The molecule has 0 saturated carbocycles. The van der Waals surface area contributed by atoms with Crippen LogP contribution in [0.4, 0.5) is 5.82 Å². The van der Waals surface area contributed by atoms with Crippen molar-refractivity contribution < 1.29 is 4.74 Å². The van der Waals surface area contributed by atoms with Crippen molar-refractivity contribution in [2.45, 2.75) is 13.1 Å². The molecule has 0 aliphatic rings. The van der Waals surface area contributed by atoms with E-state index in [2.05, 4.69) is 20.9 Å². The molecule has 1 aromatic carbocycles. The molecule has 0 unspecified atom stereocenters. The van der Waals surface area contributed by atoms with Crippen molar-refractivity contribution in [2.75, 3.05) is 19.9 Å². The Morgan fingerprint density at radius 1 is 1.26 bits per heavy atom. The van der Waals surface area contributed by atoms with Gasteiger partial charge in [-0.25, -0.2) is 9.97 Å². The normalized spacial score (nSPS) is 10.7. The number of rotatable bonds is 5. The number of anilines is 1. The summed E-state index contributed by atoms with van der Waals surface area (Å²) >= 11 is 0. The zero-order chi connectivity index (χ0) is 13.7. The summed E-state index contributed by atoms with van der Waals surface area (Å²) in [5.74, 6) is 2.09. The first-order valence-electron chi connectivity index (χ1n) is 6.06. The molecular formula is C14H18N4O. The summed E-state index contributed by atoms with van der Waals surface area (Å²) < 4.78 is 5.21. The molecule has 0 fully saturated rings. The second-order valence-electron chi connectivity index (χ2n) is 4.42. The van der Waals surface area contributed by atoms with Crippen LogP contribution in [0.1, 0.15) is 11.4 Å². The maximum absolute atomic E-state index is 5.64. The SMILES string of the molecule is COc1cccc(CN(C)Cc2nccc(N)n2)c1. The molecule has 0 aliphatic carbocycles. The predicted molar refractivity (Wildman–Crippen MR) is 74.6 cm³/mol. The lowest BCUT2D eigenvalue weighted by molar-refractivity contribution is 0.310. The molecule has 5 nitrogen and oxygen atoms in total. The third kappa shape index (κ3) is 3.93. The Balaban J connectivity index is 1.98. The number of methoxy groups -OCH3 is 1. The molecule has 0 radical (unpaired) electrons. The fraction of sp³-hybridized carbons (Fsp3) is 0.286. The Kier molecular flexibility index (Phi) is 4.30. The number of benzene rings is 1. The molecule has 0 saturated heterocycles. The first-order valence-corrected chi connectivity index (χ1v) is 6.06. The van der Waals surface area contributed by atoms with E-state index in [1.54, 1.807) is 19.4 Å². The van der Waals surface area contributed by atoms with Crippen LogP contribution in [-0.4, -0.2) is 29.0 Å². The summed E-state index contributed by atoms with van der Waals surface area (Å²) in [6.45, 7) is 1.46. The molecule has 5 heteroatoms. The Morgan fingerprint density at radius 3 is 2.84 bits per heavy atom. The van der Waals surface area contributed by atoms with Gasteiger partial charge < -0.3 is 10.5 Å². The predicted octanol–water partition coefficient (Wildman–Crippen LogP) is 1.70. The molecule has 2 N–H and O–H groups in total. The van der Waals surface area contributed by atoms with E-state index in [0.717, 1.165) is 18.1 Å². The lowest BCUT2D eigenvalue weighted by Gasteiger charge is -2.16. The average molecular weight is 258 g/mol. The summed E-state index contributed by atoms with van der Waals surface area (Å²) in [5.41, 5.74) is 6.82. The van der Waals surface area contributed by atoms with Crippen LogP contribution in [0.15, 0.2) is 36.5 Å². The summed E-state index contributed by atoms with van der Waals surface area (Å²) in [6, 6.07) is 9.70. The van der Waals surface area contributed by atoms with Gasteiger partial charge in [-0.1, -0.05) is 12.1 Å². The number of aromatic nitrogens is 2. The number of hydrogen-bond acceptors (Lipinski definition) is 5. The molecule has 1 heterocycles. The molecule has 100 valence electrons. The van der Waals surface area contributed by atoms with Crippen LogP contribution in [-0.2, 0) is 13.1 Å². The molecule has 0 atom stereocenters. The average Bonchev–Trinajstić information content (AvgIpc) is 2.38. The maximum atomic E-state index is 5.64. The second-order valence-corrected chi connectivity index (χ2v) is 4.42. The number of nitrogens with zero attached hydrogens (tertiary/aromatic N) is 3. The molecule has 0 spiro atoms. The third-order valence-corrected chi connectivity index (χ3v) is 2.72. The van der Waals surface area contributed by atoms with Gasteiger partial charge >= 0.3 is 0 Å². The Bertz CT molecular complexity index is 544. The van der Waals surface area contributed by atoms with Crippen LogP contribution in [0.2, 0.25) is 0 Å². The van der Waals surface area contributed by atoms with E-state index < -0.39 is 0 Å². The van der Waals surface area contributed by atoms with Gasteiger partial charge in [0.1, 0.15) is 17.4 Å². The van der Waals surface area contributed by atoms with Gasteiger partial charge in [-0.05, 0) is 30.8 Å². The van der Waals surface area contributed by atoms with E-state index in [4.69, 9.17) is 10.5 Å². The number of hydrogen-bond donors (Lipinski definition) is 1. The lowest BCUT2D eigenvalue weighted by atomic mass is 10.2. The van der Waals surface area contributed by atoms with E-state index >= 15 is 0 Å². The van der Waals surface area contributed by atoms with Crippen molar-refractivity contribution in [3.63, 3.8) is 0 Å². The summed E-state index contributed by atoms with van der Waals surface area (Å²) in [4.78, 5) is 10.5. The van der Waals surface area contributed by atoms with E-state index in [0.29, 0.717) is 12.4 Å². The van der Waals surface area contributed by atoms with Gasteiger partial charge in [0.2, 0.25) is 0 Å². The molecule has 0 amide bonds. The quantitative estimate of drug-likeness (QED) is 0.884. The minimum atomic E-state index is 0.500. The smallest absolute Gasteiger partial charge is 0.144 e. The molecule has 2 aromatic rings. The topological polar surface area (TPSA) is 64.3 Å². The highest BCUT2D eigenvalue weighted by molar-refractivity contribution is 5.28. The van der Waals surface area contributed by atoms with Crippen molar-refractivity contribution in [1.29, 1.82) is 0 Å². The number of nitrogens with two attached hydrogens (primary N) is 1. The van der Waals surface area contributed by atoms with E-state index in [-0.39, 0.29) is 0 Å². The van der Waals surface area contributed by atoms with Crippen molar-refractivity contribution in [2.24, 2.45) is 0 Å². The third-order valence-electron chi connectivity index (χ3n) is 2.72. The van der Waals surface area contributed by atoms with Gasteiger partial charge in [0.25, 0.3) is 0 Å². The van der Waals surface area contributed by atoms with Crippen LogP contribution >= 0.6 is 0 Å². The van der Waals surface area contributed by atoms with Gasteiger partial charge in [0.15, 0.2) is 0 Å². The molecule has 2 rings (SSSR count). The zero-order valence-corrected chi connectivity index (χ0v) is 11.2. The molecular weight excluding hydrogens is 240 g/mol. The van der Waals surface area contributed by atoms with Crippen molar-refractivity contribution in [3.05, 3.63) is 47.9 Å². The largest absolute Gasteiger partial charge is 0.497 e. The van der Waals surface area contributed by atoms with Crippen molar-refractivity contribution in [1.82, 2.24) is 14.9 Å². The highest BCUT2D eigenvalue weighted by Crippen LogP contribution is 2.14. The van der Waals surface area contributed by atoms with Gasteiger partial charge in [-0.15, -0.1) is 0 Å². The van der Waals surface area contributed by atoms with Gasteiger partial charge in [-0.2, -0.15) is 0 Å². The molecule has 0 bridgehead atoms. The molecule has 19 heavy (non-hydrogen) atoms. The Morgan fingerprint density at radius 2 is 2.11 bits per heavy atom. The Hall–Kier alpha value is -2.14. The van der Waals surface area contributed by atoms with Crippen LogP contribution in [0.5, 0.6) is 5.75 Å². The first-order chi connectivity index (χ1) is 9.17. The second kappa shape index (κ2) is 6.15. The molecule has 0 aliphatic heterocycles. The standard InChI is InChI=1S/C14H18N4O/c1-18(10-14-16-7-6-13(15)17-14)9-11-4-3-5-12(8-11)19-2/h3-8H,9-10H2,1-2H3,(H2,15,16,17). The number of nitrogen functional groups attached to an aromatic ring is 1. The van der Waals surface area contributed by atoms with Gasteiger partial charge in [0.05, 0.1) is 13.7 Å². The van der Waals surface area contributed by atoms with Crippen LogP contribution in [0, 0.1) is 0 Å². The van der Waals surface area contributed by atoms with Crippen LogP contribution < -0.4 is 10.5 Å². The maximum Gasteiger partial charge on any atom is 0.144 e. The fourth-order valence-electron chi connectivity index (χ4n) is 1.87. The summed E-state index contributed by atoms with van der Waals surface area (Å²) in [6.07, 6.45) is 1.68. The molecule has 1 aromatic heterocycles. The van der Waals surface area contributed by atoms with Crippen molar-refractivity contribution >= 4 is 5.82 Å². The fourth-order valence-corrected chi connectivity index (χ4v) is 1.87. The van der Waals surface area contributed by atoms with Crippen LogP contribution in [0.3, 0.4) is 0 Å². The van der Waals surface area contributed by atoms with E-state index in [9.17, 15) is 0 Å². The highest BCUT2D eigenvalue weighted by Gasteiger charge is 2.05. The summed E-state index contributed by atoms with van der Waals surface area (Å²) in [7, 11) is 3.69. The van der Waals surface area contributed by atoms with Gasteiger partial charge in [0, 0.05) is 12.7 Å². The Labute approximate surface area is 113 Å². The minimum Gasteiger partial charge on any atom is -0.497 e.